The van der Waals surface area contributed by atoms with Gasteiger partial charge in [0.15, 0.2) is 0 Å². The number of hydrogen-bond acceptors (Lipinski definition) is 1. The summed E-state index contributed by atoms with van der Waals surface area (Å²) >= 11 is 4.70. The molecule has 0 N–H and O–H groups in total. The van der Waals surface area contributed by atoms with Crippen LogP contribution in [0, 0.1) is 16.7 Å². The maximum absolute atomic E-state index is 4.70. The summed E-state index contributed by atoms with van der Waals surface area (Å²) < 4.78 is 0. The lowest BCUT2D eigenvalue weighted by Crippen LogP contribution is -2.32. The molecule has 1 unspecified atom stereocenters. The molecule has 2 bridgehead atoms. The van der Waals surface area contributed by atoms with Gasteiger partial charge in [0.25, 0.3) is 0 Å². The second-order valence-corrected chi connectivity index (χ2v) is 5.75. The Hall–Kier alpha value is 0.350. The highest BCUT2D eigenvalue weighted by Gasteiger charge is 2.60. The van der Waals surface area contributed by atoms with Crippen LogP contribution in [0.5, 0.6) is 0 Å². The molecule has 64 valence electrons. The zero-order chi connectivity index (χ0) is 8.28. The van der Waals surface area contributed by atoms with Crippen molar-refractivity contribution in [2.24, 2.45) is 16.7 Å². The van der Waals surface area contributed by atoms with Crippen LogP contribution < -0.4 is 0 Å². The van der Waals surface area contributed by atoms with Gasteiger partial charge in [-0.1, -0.05) is 20.8 Å². The molecule has 3 atom stereocenters. The second-order valence-electron chi connectivity index (χ2n) is 5.13. The molecule has 0 radical (unpaired) electrons. The molecule has 0 saturated heterocycles. The Morgan fingerprint density at radius 3 is 2.09 bits per heavy atom. The van der Waals surface area contributed by atoms with Crippen LogP contribution in [0.2, 0.25) is 0 Å². The highest BCUT2D eigenvalue weighted by Crippen LogP contribution is 2.66. The van der Waals surface area contributed by atoms with E-state index in [2.05, 4.69) is 20.8 Å². The van der Waals surface area contributed by atoms with Crippen molar-refractivity contribution in [2.75, 3.05) is 0 Å². The van der Waals surface area contributed by atoms with Crippen molar-refractivity contribution in [1.29, 1.82) is 0 Å². The number of hydrogen-bond donors (Lipinski definition) is 1. The van der Waals surface area contributed by atoms with Gasteiger partial charge in [-0.3, -0.25) is 0 Å². The number of fused-ring (bicyclic) bond motifs is 2. The monoisotopic (exact) mass is 170 g/mol. The van der Waals surface area contributed by atoms with E-state index < -0.39 is 0 Å². The van der Waals surface area contributed by atoms with Crippen molar-refractivity contribution in [3.05, 3.63) is 0 Å². The first kappa shape index (κ1) is 7.97. The third kappa shape index (κ3) is 0.734. The van der Waals surface area contributed by atoms with E-state index in [1.807, 2.05) is 0 Å². The van der Waals surface area contributed by atoms with E-state index >= 15 is 0 Å². The summed E-state index contributed by atoms with van der Waals surface area (Å²) in [6.45, 7) is 7.29. The topological polar surface area (TPSA) is 0 Å². The molecule has 0 amide bonds. The van der Waals surface area contributed by atoms with E-state index in [9.17, 15) is 0 Å². The highest BCUT2D eigenvalue weighted by molar-refractivity contribution is 7.81. The van der Waals surface area contributed by atoms with E-state index in [1.54, 1.807) is 0 Å². The summed E-state index contributed by atoms with van der Waals surface area (Å²) in [5, 5.41) is 0.663. The van der Waals surface area contributed by atoms with Gasteiger partial charge >= 0.3 is 0 Å². The fourth-order valence-electron chi connectivity index (χ4n) is 3.16. The van der Waals surface area contributed by atoms with Crippen molar-refractivity contribution < 1.29 is 0 Å². The molecule has 0 spiro atoms. The minimum absolute atomic E-state index is 0.529. The zero-order valence-electron chi connectivity index (χ0n) is 7.72. The molecular weight excluding hydrogens is 152 g/mol. The standard InChI is InChI=1S/C10H18S/c1-9(2)7-4-5-10(9,3)8(11)6-7/h7-8,11H,4-6H2,1-3H3/t7-,8?,10+/m0/s1. The minimum atomic E-state index is 0.529. The van der Waals surface area contributed by atoms with Crippen LogP contribution in [0.1, 0.15) is 40.0 Å². The number of thiol groups is 1. The maximum atomic E-state index is 4.70. The first-order valence-electron chi connectivity index (χ1n) is 4.66. The zero-order valence-corrected chi connectivity index (χ0v) is 8.62. The van der Waals surface area contributed by atoms with E-state index in [0.29, 0.717) is 16.1 Å². The quantitative estimate of drug-likeness (QED) is 0.531. The molecule has 0 heterocycles. The first-order valence-corrected chi connectivity index (χ1v) is 5.18. The molecule has 2 aliphatic carbocycles. The Kier molecular flexibility index (Phi) is 1.44. The fourth-order valence-corrected chi connectivity index (χ4v) is 3.88. The molecular formula is C10H18S. The average Bonchev–Trinajstić information content (AvgIpc) is 2.20. The Bertz CT molecular complexity index is 185. The van der Waals surface area contributed by atoms with Crippen molar-refractivity contribution in [2.45, 2.75) is 45.3 Å². The average molecular weight is 170 g/mol. The molecule has 0 aliphatic heterocycles. The lowest BCUT2D eigenvalue weighted by atomic mass is 9.71. The lowest BCUT2D eigenvalue weighted by Gasteiger charge is -2.37. The van der Waals surface area contributed by atoms with Crippen LogP contribution in [0.15, 0.2) is 0 Å². The van der Waals surface area contributed by atoms with Crippen molar-refractivity contribution in [1.82, 2.24) is 0 Å². The Balaban J connectivity index is 2.40. The molecule has 0 nitrogen and oxygen atoms in total. The lowest BCUT2D eigenvalue weighted by molar-refractivity contribution is 0.157. The molecule has 0 aromatic carbocycles. The molecule has 11 heavy (non-hydrogen) atoms. The van der Waals surface area contributed by atoms with Crippen molar-refractivity contribution in [3.8, 4) is 0 Å². The SMILES string of the molecule is CC1(C)[C@H]2CC[C@]1(C)C(S)C2. The summed E-state index contributed by atoms with van der Waals surface area (Å²) in [7, 11) is 0. The summed E-state index contributed by atoms with van der Waals surface area (Å²) in [6.07, 6.45) is 4.20. The molecule has 2 fully saturated rings. The molecule has 2 saturated carbocycles. The van der Waals surface area contributed by atoms with Crippen molar-refractivity contribution in [3.63, 3.8) is 0 Å². The van der Waals surface area contributed by atoms with Crippen LogP contribution in [0.25, 0.3) is 0 Å². The van der Waals surface area contributed by atoms with Gasteiger partial charge in [0.05, 0.1) is 0 Å². The molecule has 1 heteroatoms. The normalized spacial score (nSPS) is 53.5. The van der Waals surface area contributed by atoms with E-state index in [1.165, 1.54) is 19.3 Å². The van der Waals surface area contributed by atoms with Gasteiger partial charge in [-0.25, -0.2) is 0 Å². The van der Waals surface area contributed by atoms with Crippen molar-refractivity contribution >= 4 is 12.6 Å². The third-order valence-electron chi connectivity index (χ3n) is 4.75. The Morgan fingerprint density at radius 2 is 1.91 bits per heavy atom. The van der Waals surface area contributed by atoms with Gasteiger partial charge in [-0.2, -0.15) is 12.6 Å². The summed E-state index contributed by atoms with van der Waals surface area (Å²) in [5.74, 6) is 0.954. The predicted octanol–water partition coefficient (Wildman–Crippen LogP) is 3.13. The van der Waals surface area contributed by atoms with Crippen LogP contribution in [-0.4, -0.2) is 5.25 Å². The highest BCUT2D eigenvalue weighted by atomic mass is 32.1. The fraction of sp³-hybridized carbons (Fsp3) is 1.00. The summed E-state index contributed by atoms with van der Waals surface area (Å²) in [4.78, 5) is 0. The predicted molar refractivity (Wildman–Crippen MR) is 52.0 cm³/mol. The van der Waals surface area contributed by atoms with Crippen LogP contribution in [0.3, 0.4) is 0 Å². The largest absolute Gasteiger partial charge is 0.175 e. The van der Waals surface area contributed by atoms with E-state index in [4.69, 9.17) is 12.6 Å². The van der Waals surface area contributed by atoms with Crippen LogP contribution in [-0.2, 0) is 0 Å². The molecule has 2 rings (SSSR count). The second kappa shape index (κ2) is 1.99. The minimum Gasteiger partial charge on any atom is -0.175 e. The van der Waals surface area contributed by atoms with E-state index in [0.717, 1.165) is 5.92 Å². The smallest absolute Gasteiger partial charge is 0.00786 e. The Morgan fingerprint density at radius 1 is 1.27 bits per heavy atom. The molecule has 2 aliphatic rings. The Labute approximate surface area is 75.2 Å². The van der Waals surface area contributed by atoms with Gasteiger partial charge in [0, 0.05) is 5.25 Å². The number of rotatable bonds is 0. The van der Waals surface area contributed by atoms with E-state index in [-0.39, 0.29) is 0 Å². The van der Waals surface area contributed by atoms with Gasteiger partial charge in [0.1, 0.15) is 0 Å². The third-order valence-corrected chi connectivity index (χ3v) is 5.53. The maximum Gasteiger partial charge on any atom is 0.00786 e. The van der Waals surface area contributed by atoms with Crippen LogP contribution in [0.4, 0.5) is 0 Å². The first-order chi connectivity index (χ1) is 4.98. The van der Waals surface area contributed by atoms with Gasteiger partial charge in [-0.05, 0) is 36.0 Å². The van der Waals surface area contributed by atoms with Gasteiger partial charge < -0.3 is 0 Å². The molecule has 0 aromatic rings. The van der Waals surface area contributed by atoms with Crippen LogP contribution >= 0.6 is 12.6 Å². The van der Waals surface area contributed by atoms with Gasteiger partial charge in [-0.15, -0.1) is 0 Å². The van der Waals surface area contributed by atoms with Gasteiger partial charge in [0.2, 0.25) is 0 Å². The summed E-state index contributed by atoms with van der Waals surface area (Å²) in [6, 6.07) is 0. The summed E-state index contributed by atoms with van der Waals surface area (Å²) in [5.41, 5.74) is 1.08. The molecule has 0 aromatic heterocycles.